The third-order valence-corrected chi connectivity index (χ3v) is 17.7. The Morgan fingerprint density at radius 3 is 1.74 bits per heavy atom. The van der Waals surface area contributed by atoms with Gasteiger partial charge in [0.05, 0.1) is 11.7 Å². The molecular weight excluding hydrogens is 1020 g/mol. The number of ether oxygens (including phenoxy) is 10. The van der Waals surface area contributed by atoms with Crippen LogP contribution >= 0.6 is 7.82 Å². The summed E-state index contributed by atoms with van der Waals surface area (Å²) in [5.74, 6) is -3.71. The molecule has 3 saturated carbocycles. The maximum Gasteiger partial charge on any atom is 0.474 e. The predicted molar refractivity (Wildman–Crippen MR) is 264 cm³/mol. The van der Waals surface area contributed by atoms with Crippen molar-refractivity contribution in [3.63, 3.8) is 0 Å². The first-order valence-corrected chi connectivity index (χ1v) is 28.1. The molecule has 6 aliphatic rings. The molecule has 6 rings (SSSR count). The third-order valence-electron chi connectivity index (χ3n) is 16.7. The number of hydrogen-bond acceptors (Lipinski definition) is 21. The lowest BCUT2D eigenvalue weighted by atomic mass is 9.47. The summed E-state index contributed by atoms with van der Waals surface area (Å²) in [6.07, 6.45) is -6.42. The molecule has 4 aliphatic carbocycles. The van der Waals surface area contributed by atoms with Gasteiger partial charge in [-0.2, -0.15) is 0 Å². The number of carbonyl (C=O) groups excluding carboxylic acids is 7. The molecule has 0 radical (unpaired) electrons. The van der Waals surface area contributed by atoms with Crippen LogP contribution in [0.1, 0.15) is 154 Å². The first-order chi connectivity index (χ1) is 35.4. The monoisotopic (exact) mass is 1100 g/mol. The number of fused-ring (bicyclic) bond motifs is 5. The first-order valence-electron chi connectivity index (χ1n) is 26.6. The highest BCUT2D eigenvalue weighted by Crippen LogP contribution is 2.68. The number of aliphatic hydroxyl groups is 1. The highest BCUT2D eigenvalue weighted by atomic mass is 31.2. The molecule has 0 amide bonds. The van der Waals surface area contributed by atoms with Crippen LogP contribution in [0.3, 0.4) is 0 Å². The molecule has 0 aromatic heterocycles. The maximum atomic E-state index is 14.3. The summed E-state index contributed by atoms with van der Waals surface area (Å²) < 4.78 is 83.0. The lowest BCUT2D eigenvalue weighted by Gasteiger charge is -2.58. The van der Waals surface area contributed by atoms with Crippen molar-refractivity contribution in [2.24, 2.45) is 40.4 Å². The summed E-state index contributed by atoms with van der Waals surface area (Å²) in [5.41, 5.74) is 0.571. The molecule has 76 heavy (non-hydrogen) atoms. The van der Waals surface area contributed by atoms with Gasteiger partial charge in [0.25, 0.3) is 0 Å². The molecule has 1 unspecified atom stereocenters. The van der Waals surface area contributed by atoms with Crippen LogP contribution in [0.5, 0.6) is 0 Å². The summed E-state index contributed by atoms with van der Waals surface area (Å²) in [6.45, 7) is 16.8. The van der Waals surface area contributed by atoms with Crippen LogP contribution in [-0.2, 0) is 94.5 Å². The SMILES string of the molecule is CC(=O)OC[C@H]1O[C@@H](O[C@H]2[C@H](OC(C)=O)[C@@H](OC(C)=O)[C@@H](OP(=O)(O)O[C@H]3CC[C@@]4(C)C(=CC[C@H]5[C@@H]6CC[C@H]([C@H](C)CCCC(C)(C)O)[C@@]6(C)CC[C@@H]54)C3)O[C@@H]2COC(C)=O)[C@H](OC(C)=O)[C@@H](OC(C)=O)[C@@H]1OC(C)=O. The molecule has 0 aromatic carbocycles. The number of carbonyl (C=O) groups is 7. The summed E-state index contributed by atoms with van der Waals surface area (Å²) in [4.78, 5) is 99.3. The molecule has 22 nitrogen and oxygen atoms in total. The Balaban J connectivity index is 1.24. The van der Waals surface area contributed by atoms with E-state index < -0.39 is 136 Å². The van der Waals surface area contributed by atoms with Crippen LogP contribution in [0.2, 0.25) is 0 Å². The van der Waals surface area contributed by atoms with E-state index >= 15 is 0 Å². The lowest BCUT2D eigenvalue weighted by Crippen LogP contribution is -2.67. The molecular formula is C53H81O22P. The van der Waals surface area contributed by atoms with Gasteiger partial charge in [-0.15, -0.1) is 0 Å². The molecule has 5 fully saturated rings. The summed E-state index contributed by atoms with van der Waals surface area (Å²) in [6, 6.07) is 0. The van der Waals surface area contributed by atoms with E-state index in [9.17, 15) is 48.1 Å². The zero-order valence-electron chi connectivity index (χ0n) is 46.0. The fraction of sp³-hybridized carbons (Fsp3) is 0.830. The van der Waals surface area contributed by atoms with Gasteiger partial charge < -0.3 is 57.4 Å². The van der Waals surface area contributed by atoms with E-state index in [2.05, 4.69) is 26.8 Å². The van der Waals surface area contributed by atoms with Gasteiger partial charge in [0.1, 0.15) is 31.5 Å². The number of hydrogen-bond donors (Lipinski definition) is 2. The number of esters is 7. The van der Waals surface area contributed by atoms with Crippen molar-refractivity contribution in [3.8, 4) is 0 Å². The smallest absolute Gasteiger partial charge is 0.463 e. The van der Waals surface area contributed by atoms with Crippen LogP contribution in [0.4, 0.5) is 0 Å². The molecule has 19 atom stereocenters. The molecule has 2 aliphatic heterocycles. The fourth-order valence-electron chi connectivity index (χ4n) is 13.7. The Kier molecular flexibility index (Phi) is 20.1. The van der Waals surface area contributed by atoms with E-state index in [1.807, 2.05) is 13.8 Å². The Morgan fingerprint density at radius 1 is 0.671 bits per heavy atom. The minimum Gasteiger partial charge on any atom is -0.463 e. The van der Waals surface area contributed by atoms with Crippen LogP contribution in [0.25, 0.3) is 0 Å². The van der Waals surface area contributed by atoms with Gasteiger partial charge in [-0.05, 0) is 112 Å². The zero-order chi connectivity index (χ0) is 56.2. The average Bonchev–Trinajstić information content (AvgIpc) is 3.65. The molecule has 2 saturated heterocycles. The predicted octanol–water partition coefficient (Wildman–Crippen LogP) is 6.26. The summed E-state index contributed by atoms with van der Waals surface area (Å²) in [5, 5.41) is 10.3. The van der Waals surface area contributed by atoms with E-state index in [1.165, 1.54) is 12.8 Å². The summed E-state index contributed by atoms with van der Waals surface area (Å²) in [7, 11) is -5.20. The van der Waals surface area contributed by atoms with Crippen molar-refractivity contribution in [2.75, 3.05) is 13.2 Å². The summed E-state index contributed by atoms with van der Waals surface area (Å²) >= 11 is 0. The minimum atomic E-state index is -5.20. The van der Waals surface area contributed by atoms with Gasteiger partial charge in [-0.1, -0.05) is 45.3 Å². The molecule has 2 N–H and O–H groups in total. The number of allylic oxidation sites excluding steroid dienone is 1. The zero-order valence-corrected chi connectivity index (χ0v) is 46.9. The minimum absolute atomic E-state index is 0.152. The van der Waals surface area contributed by atoms with Crippen molar-refractivity contribution in [1.29, 1.82) is 0 Å². The molecule has 0 spiro atoms. The molecule has 430 valence electrons. The van der Waals surface area contributed by atoms with Gasteiger partial charge in [-0.25, -0.2) is 4.57 Å². The van der Waals surface area contributed by atoms with Crippen LogP contribution in [0, 0.1) is 40.4 Å². The third kappa shape index (κ3) is 15.0. The van der Waals surface area contributed by atoms with E-state index in [1.54, 1.807) is 0 Å². The second-order valence-electron chi connectivity index (χ2n) is 22.9. The van der Waals surface area contributed by atoms with E-state index in [-0.39, 0.29) is 10.8 Å². The van der Waals surface area contributed by atoms with Crippen LogP contribution in [-0.4, -0.2) is 138 Å². The normalized spacial score (nSPS) is 37.2. The Bertz CT molecular complexity index is 2210. The van der Waals surface area contributed by atoms with Crippen LogP contribution in [0.15, 0.2) is 11.6 Å². The second kappa shape index (κ2) is 25.0. The highest BCUT2D eigenvalue weighted by molar-refractivity contribution is 7.47. The van der Waals surface area contributed by atoms with Gasteiger partial charge in [0, 0.05) is 48.5 Å². The number of phosphoric acid groups is 1. The first kappa shape index (κ1) is 61.2. The van der Waals surface area contributed by atoms with Crippen molar-refractivity contribution in [3.05, 3.63) is 11.6 Å². The number of rotatable bonds is 20. The van der Waals surface area contributed by atoms with Gasteiger partial charge in [-0.3, -0.25) is 42.6 Å². The largest absolute Gasteiger partial charge is 0.474 e. The topological polar surface area (TPSA) is 288 Å². The van der Waals surface area contributed by atoms with E-state index in [4.69, 9.17) is 56.4 Å². The maximum absolute atomic E-state index is 14.3. The van der Waals surface area contributed by atoms with Gasteiger partial charge in [0.2, 0.25) is 6.29 Å². The molecule has 2 heterocycles. The van der Waals surface area contributed by atoms with Crippen molar-refractivity contribution in [2.45, 2.75) is 227 Å². The molecule has 23 heteroatoms. The van der Waals surface area contributed by atoms with Crippen molar-refractivity contribution >= 4 is 49.6 Å². The Morgan fingerprint density at radius 2 is 1.18 bits per heavy atom. The Hall–Kier alpha value is -4.02. The fourth-order valence-corrected chi connectivity index (χ4v) is 14.7. The lowest BCUT2D eigenvalue weighted by molar-refractivity contribution is -0.355. The molecule has 0 aromatic rings. The van der Waals surface area contributed by atoms with Crippen LogP contribution < -0.4 is 0 Å². The standard InChI is InChI=1S/C53H81O22P/c1-27(14-13-21-51(9,10)61)38-17-18-39-37-16-15-35-24-36(19-22-52(35,11)40(37)20-23-53(38,39)12)74-76(62,63)75-50-48(70-34(8)60)46(68-32(6)58)44(42(72-50)26-65-29(3)55)73-49-47(69-33(7)59)45(67-31(5)57)43(66-30(4)56)41(71-49)25-64-28(2)54/h15,27,36-50,61H,13-14,16-26H2,1-12H3,(H,62,63)/t27-,36+,37+,38-,39+,40+,41-,42-,43-,44-,45+,46+,47-,48-,49+,50-,52+,53-/m1/s1. The van der Waals surface area contributed by atoms with Gasteiger partial charge >= 0.3 is 49.6 Å². The van der Waals surface area contributed by atoms with Gasteiger partial charge in [0.15, 0.2) is 36.8 Å². The Labute approximate surface area is 445 Å². The average molecular weight is 1100 g/mol. The highest BCUT2D eigenvalue weighted by Gasteiger charge is 2.61. The van der Waals surface area contributed by atoms with Crippen molar-refractivity contribution in [1.82, 2.24) is 0 Å². The van der Waals surface area contributed by atoms with Crippen molar-refractivity contribution < 1.29 is 105 Å². The number of phosphoric ester groups is 1. The van der Waals surface area contributed by atoms with E-state index in [0.717, 1.165) is 92.6 Å². The second-order valence-corrected chi connectivity index (χ2v) is 24.2. The molecule has 0 bridgehead atoms. The quantitative estimate of drug-likeness (QED) is 0.0588. The van der Waals surface area contributed by atoms with E-state index in [0.29, 0.717) is 48.9 Å².